The molecule has 2 N–H and O–H groups in total. The molecule has 0 aromatic rings. The van der Waals surface area contributed by atoms with Gasteiger partial charge in [-0.05, 0) is 37.0 Å². The van der Waals surface area contributed by atoms with Crippen molar-refractivity contribution in [2.75, 3.05) is 13.2 Å². The Labute approximate surface area is 115 Å². The van der Waals surface area contributed by atoms with Gasteiger partial charge in [0, 0.05) is 25.3 Å². The summed E-state index contributed by atoms with van der Waals surface area (Å²) in [6, 6.07) is 0.979. The highest BCUT2D eigenvalue weighted by Gasteiger charge is 2.46. The molecule has 2 aliphatic rings. The molecule has 4 heteroatoms. The molecule has 2 fully saturated rings. The smallest absolute Gasteiger partial charge is 0.307 e. The number of nitrogens with one attached hydrogen (secondary N) is 1. The van der Waals surface area contributed by atoms with Gasteiger partial charge in [0.2, 0.25) is 0 Å². The molecule has 0 amide bonds. The normalized spacial score (nSPS) is 36.1. The number of hydrogen-bond acceptors (Lipinski definition) is 3. The predicted molar refractivity (Wildman–Crippen MR) is 74.1 cm³/mol. The number of ether oxygens (including phenoxy) is 1. The molecule has 4 nitrogen and oxygen atoms in total. The van der Waals surface area contributed by atoms with Gasteiger partial charge in [0.15, 0.2) is 0 Å². The summed E-state index contributed by atoms with van der Waals surface area (Å²) in [6.07, 6.45) is 3.91. The van der Waals surface area contributed by atoms with Gasteiger partial charge < -0.3 is 15.2 Å². The van der Waals surface area contributed by atoms with E-state index in [1.807, 2.05) is 0 Å². The molecule has 1 saturated carbocycles. The van der Waals surface area contributed by atoms with Gasteiger partial charge in [-0.2, -0.15) is 0 Å². The summed E-state index contributed by atoms with van der Waals surface area (Å²) in [5.74, 6) is -0.471. The van der Waals surface area contributed by atoms with Gasteiger partial charge in [0.1, 0.15) is 0 Å². The highest BCUT2D eigenvalue weighted by atomic mass is 16.5. The van der Waals surface area contributed by atoms with E-state index in [9.17, 15) is 9.90 Å². The number of carboxylic acid groups (broad SMARTS) is 1. The van der Waals surface area contributed by atoms with Gasteiger partial charge in [0.25, 0.3) is 0 Å². The van der Waals surface area contributed by atoms with Gasteiger partial charge in [-0.3, -0.25) is 4.79 Å². The average molecular weight is 269 g/mol. The molecule has 19 heavy (non-hydrogen) atoms. The molecule has 2 rings (SSSR count). The van der Waals surface area contributed by atoms with Crippen molar-refractivity contribution in [1.29, 1.82) is 0 Å². The average Bonchev–Trinajstić information content (AvgIpc) is 2.36. The lowest BCUT2D eigenvalue weighted by Gasteiger charge is -2.47. The number of carboxylic acids is 1. The van der Waals surface area contributed by atoms with Gasteiger partial charge in [-0.25, -0.2) is 0 Å². The first-order valence-corrected chi connectivity index (χ1v) is 7.49. The molecule has 1 aliphatic carbocycles. The maximum atomic E-state index is 11.4. The van der Waals surface area contributed by atoms with E-state index in [0.717, 1.165) is 38.9 Å². The summed E-state index contributed by atoms with van der Waals surface area (Å²) >= 11 is 0. The minimum Gasteiger partial charge on any atom is -0.481 e. The predicted octanol–water partition coefficient (Wildman–Crippen LogP) is 2.28. The second kappa shape index (κ2) is 5.80. The van der Waals surface area contributed by atoms with Crippen LogP contribution in [0, 0.1) is 17.3 Å². The number of hydrogen-bond donors (Lipinski definition) is 2. The largest absolute Gasteiger partial charge is 0.481 e. The summed E-state index contributed by atoms with van der Waals surface area (Å²) < 4.78 is 5.39. The van der Waals surface area contributed by atoms with Crippen molar-refractivity contribution in [3.05, 3.63) is 0 Å². The first kappa shape index (κ1) is 14.8. The molecule has 110 valence electrons. The van der Waals surface area contributed by atoms with E-state index >= 15 is 0 Å². The first-order chi connectivity index (χ1) is 8.93. The lowest BCUT2D eigenvalue weighted by Crippen LogP contribution is -2.54. The number of aliphatic carboxylic acids is 1. The van der Waals surface area contributed by atoms with Crippen LogP contribution in [0.4, 0.5) is 0 Å². The van der Waals surface area contributed by atoms with Crippen LogP contribution in [0.3, 0.4) is 0 Å². The fraction of sp³-hybridized carbons (Fsp3) is 0.933. The lowest BCUT2D eigenvalue weighted by molar-refractivity contribution is -0.150. The Balaban J connectivity index is 1.98. The fourth-order valence-corrected chi connectivity index (χ4v) is 3.64. The highest BCUT2D eigenvalue weighted by Crippen LogP contribution is 2.45. The Bertz CT molecular complexity index is 323. The van der Waals surface area contributed by atoms with E-state index in [1.54, 1.807) is 0 Å². The third kappa shape index (κ3) is 3.11. The summed E-state index contributed by atoms with van der Waals surface area (Å²) in [6.45, 7) is 8.11. The summed E-state index contributed by atoms with van der Waals surface area (Å²) in [5, 5.41) is 13.1. The van der Waals surface area contributed by atoms with Crippen LogP contribution in [0.2, 0.25) is 0 Å². The van der Waals surface area contributed by atoms with Gasteiger partial charge >= 0.3 is 5.97 Å². The van der Waals surface area contributed by atoms with Crippen molar-refractivity contribution < 1.29 is 14.6 Å². The Hall–Kier alpha value is -0.610. The van der Waals surface area contributed by atoms with Gasteiger partial charge in [0.05, 0.1) is 5.92 Å². The van der Waals surface area contributed by atoms with Crippen LogP contribution >= 0.6 is 0 Å². The molecular formula is C15H27NO3. The molecule has 0 aromatic heterocycles. The van der Waals surface area contributed by atoms with Crippen LogP contribution in [-0.2, 0) is 9.53 Å². The van der Waals surface area contributed by atoms with E-state index in [2.05, 4.69) is 26.1 Å². The zero-order valence-electron chi connectivity index (χ0n) is 12.3. The minimum absolute atomic E-state index is 0.146. The molecule has 1 aliphatic heterocycles. The van der Waals surface area contributed by atoms with Crippen LogP contribution in [0.1, 0.15) is 46.5 Å². The lowest BCUT2D eigenvalue weighted by atomic mass is 9.61. The van der Waals surface area contributed by atoms with E-state index in [4.69, 9.17) is 4.74 Å². The topological polar surface area (TPSA) is 58.6 Å². The Morgan fingerprint density at radius 2 is 1.84 bits per heavy atom. The van der Waals surface area contributed by atoms with Crippen molar-refractivity contribution >= 4 is 5.97 Å². The summed E-state index contributed by atoms with van der Waals surface area (Å²) in [7, 11) is 0. The van der Waals surface area contributed by atoms with Gasteiger partial charge in [-0.1, -0.05) is 20.8 Å². The molecule has 0 radical (unpaired) electrons. The third-order valence-corrected chi connectivity index (χ3v) is 5.41. The molecule has 3 unspecified atom stereocenters. The van der Waals surface area contributed by atoms with Crippen molar-refractivity contribution in [1.82, 2.24) is 5.32 Å². The quantitative estimate of drug-likeness (QED) is 0.825. The van der Waals surface area contributed by atoms with Crippen LogP contribution in [0.25, 0.3) is 0 Å². The van der Waals surface area contributed by atoms with Crippen LogP contribution in [0.5, 0.6) is 0 Å². The SMILES string of the molecule is CC1C(NC2CCOCC2)CCC(C(=O)O)C1(C)C. The van der Waals surface area contributed by atoms with Crippen molar-refractivity contribution in [2.24, 2.45) is 17.3 Å². The van der Waals surface area contributed by atoms with E-state index in [0.29, 0.717) is 18.0 Å². The van der Waals surface area contributed by atoms with Crippen molar-refractivity contribution in [3.63, 3.8) is 0 Å². The maximum absolute atomic E-state index is 11.4. The summed E-state index contributed by atoms with van der Waals surface area (Å²) in [4.78, 5) is 11.4. The second-order valence-corrected chi connectivity index (χ2v) is 6.74. The van der Waals surface area contributed by atoms with E-state index < -0.39 is 5.97 Å². The Morgan fingerprint density at radius 3 is 2.42 bits per heavy atom. The molecule has 0 aromatic carbocycles. The van der Waals surface area contributed by atoms with Crippen LogP contribution in [-0.4, -0.2) is 36.4 Å². The summed E-state index contributed by atoms with van der Waals surface area (Å²) in [5.41, 5.74) is -0.146. The Kier molecular flexibility index (Phi) is 4.51. The number of rotatable bonds is 3. The molecule has 0 spiro atoms. The number of carbonyl (C=O) groups is 1. The zero-order valence-corrected chi connectivity index (χ0v) is 12.3. The van der Waals surface area contributed by atoms with E-state index in [-0.39, 0.29) is 11.3 Å². The van der Waals surface area contributed by atoms with Crippen LogP contribution < -0.4 is 5.32 Å². The highest BCUT2D eigenvalue weighted by molar-refractivity contribution is 5.71. The second-order valence-electron chi connectivity index (χ2n) is 6.74. The molecule has 1 saturated heterocycles. The van der Waals surface area contributed by atoms with Crippen LogP contribution in [0.15, 0.2) is 0 Å². The standard InChI is InChI=1S/C15H27NO3/c1-10-13(16-11-6-8-19-9-7-11)5-4-12(14(17)18)15(10,2)3/h10-13,16H,4-9H2,1-3H3,(H,17,18). The third-order valence-electron chi connectivity index (χ3n) is 5.41. The molecule has 3 atom stereocenters. The molecular weight excluding hydrogens is 242 g/mol. The zero-order chi connectivity index (χ0) is 14.0. The maximum Gasteiger partial charge on any atom is 0.307 e. The fourth-order valence-electron chi connectivity index (χ4n) is 3.64. The monoisotopic (exact) mass is 269 g/mol. The molecule has 1 heterocycles. The minimum atomic E-state index is -0.638. The van der Waals surface area contributed by atoms with Crippen molar-refractivity contribution in [2.45, 2.75) is 58.5 Å². The van der Waals surface area contributed by atoms with E-state index in [1.165, 1.54) is 0 Å². The Morgan fingerprint density at radius 1 is 1.21 bits per heavy atom. The molecule has 0 bridgehead atoms. The van der Waals surface area contributed by atoms with Crippen molar-refractivity contribution in [3.8, 4) is 0 Å². The van der Waals surface area contributed by atoms with Gasteiger partial charge in [-0.15, -0.1) is 0 Å². The first-order valence-electron chi connectivity index (χ1n) is 7.49.